The number of primary amides is 1. The number of ether oxygens (including phenoxy) is 1. The molecular weight excluding hydrogens is 410 g/mol. The lowest BCUT2D eigenvalue weighted by molar-refractivity contribution is -0.124. The lowest BCUT2D eigenvalue weighted by atomic mass is 10.1. The van der Waals surface area contributed by atoms with Gasteiger partial charge in [-0.1, -0.05) is 12.0 Å². The number of benzene rings is 2. The molecule has 4 N–H and O–H groups in total. The van der Waals surface area contributed by atoms with Crippen molar-refractivity contribution in [2.24, 2.45) is 5.73 Å². The minimum atomic E-state index is -0.541. The molecule has 164 valence electrons. The molecule has 2 amide bonds. The number of nitrogens with zero attached hydrogens (tertiary/aromatic N) is 3. The number of hydrogen-bond acceptors (Lipinski definition) is 7. The van der Waals surface area contributed by atoms with Gasteiger partial charge in [-0.2, -0.15) is 5.06 Å². The van der Waals surface area contributed by atoms with E-state index in [-0.39, 0.29) is 24.3 Å². The highest BCUT2D eigenvalue weighted by Crippen LogP contribution is 2.35. The first-order valence-corrected chi connectivity index (χ1v) is 9.89. The van der Waals surface area contributed by atoms with Crippen LogP contribution >= 0.6 is 0 Å². The summed E-state index contributed by atoms with van der Waals surface area (Å²) in [5.74, 6) is 2.34. The summed E-state index contributed by atoms with van der Waals surface area (Å²) in [4.78, 5) is 31.9. The maximum Gasteiger partial charge on any atom is 0.250 e. The van der Waals surface area contributed by atoms with Gasteiger partial charge in [0.1, 0.15) is 23.6 Å². The van der Waals surface area contributed by atoms with Crippen LogP contribution in [0, 0.1) is 12.3 Å². The van der Waals surface area contributed by atoms with E-state index in [1.807, 2.05) is 18.2 Å². The third-order valence-electron chi connectivity index (χ3n) is 4.76. The van der Waals surface area contributed by atoms with Crippen LogP contribution in [0.4, 0.5) is 17.2 Å². The predicted molar refractivity (Wildman–Crippen MR) is 121 cm³/mol. The van der Waals surface area contributed by atoms with E-state index in [1.165, 1.54) is 13.4 Å². The highest BCUT2D eigenvalue weighted by Gasteiger charge is 2.20. The lowest BCUT2D eigenvalue weighted by Gasteiger charge is -2.19. The van der Waals surface area contributed by atoms with Crippen LogP contribution < -0.4 is 20.9 Å². The number of amides is 2. The fourth-order valence-corrected chi connectivity index (χ4v) is 3.14. The van der Waals surface area contributed by atoms with Crippen molar-refractivity contribution in [3.05, 3.63) is 48.3 Å². The summed E-state index contributed by atoms with van der Waals surface area (Å²) < 4.78 is 5.35. The van der Waals surface area contributed by atoms with Crippen LogP contribution in [0.2, 0.25) is 0 Å². The molecule has 0 bridgehead atoms. The second kappa shape index (κ2) is 10.2. The van der Waals surface area contributed by atoms with Crippen LogP contribution in [0.1, 0.15) is 31.2 Å². The molecule has 0 radical (unpaired) electrons. The highest BCUT2D eigenvalue weighted by molar-refractivity contribution is 5.99. The van der Waals surface area contributed by atoms with E-state index in [9.17, 15) is 14.8 Å². The number of unbranched alkanes of at least 4 members (excludes halogenated alkanes) is 1. The van der Waals surface area contributed by atoms with Crippen LogP contribution in [0.3, 0.4) is 0 Å². The quantitative estimate of drug-likeness (QED) is 0.204. The first kappa shape index (κ1) is 22.5. The number of nitrogens with one attached hydrogen (secondary N) is 1. The number of nitrogens with two attached hydrogens (primary N) is 1. The van der Waals surface area contributed by atoms with Crippen molar-refractivity contribution >= 4 is 39.9 Å². The van der Waals surface area contributed by atoms with Gasteiger partial charge in [0.15, 0.2) is 0 Å². The molecule has 0 atom stereocenters. The largest absolute Gasteiger partial charge is 0.494 e. The molecule has 1 heterocycles. The summed E-state index contributed by atoms with van der Waals surface area (Å²) in [6, 6.07) is 10.5. The number of terminal acetylenes is 1. The topological polar surface area (TPSA) is 131 Å². The van der Waals surface area contributed by atoms with Crippen LogP contribution in [0.5, 0.6) is 5.75 Å². The number of hydrogen-bond donors (Lipinski definition) is 3. The van der Waals surface area contributed by atoms with Crippen LogP contribution in [0.25, 0.3) is 10.9 Å². The number of carbonyl (C=O) groups excluding carboxylic acids is 2. The molecule has 3 aromatic rings. The van der Waals surface area contributed by atoms with Gasteiger partial charge in [-0.05, 0) is 37.1 Å². The molecule has 0 aliphatic heterocycles. The Morgan fingerprint density at radius 1 is 1.22 bits per heavy atom. The summed E-state index contributed by atoms with van der Waals surface area (Å²) in [5.41, 5.74) is 7.24. The average Bonchev–Trinajstić information content (AvgIpc) is 2.80. The van der Waals surface area contributed by atoms with Gasteiger partial charge < -0.3 is 15.8 Å². The lowest BCUT2D eigenvalue weighted by Crippen LogP contribution is -2.27. The van der Waals surface area contributed by atoms with Gasteiger partial charge in [-0.25, -0.2) is 9.97 Å². The predicted octanol–water partition coefficient (Wildman–Crippen LogP) is 3.13. The Morgan fingerprint density at radius 3 is 2.72 bits per heavy atom. The second-order valence-corrected chi connectivity index (χ2v) is 6.99. The van der Waals surface area contributed by atoms with Crippen molar-refractivity contribution in [1.29, 1.82) is 0 Å². The van der Waals surface area contributed by atoms with Gasteiger partial charge in [0.25, 0.3) is 5.91 Å². The van der Waals surface area contributed by atoms with E-state index in [2.05, 4.69) is 21.2 Å². The van der Waals surface area contributed by atoms with E-state index >= 15 is 0 Å². The molecule has 0 unspecified atom stereocenters. The zero-order chi connectivity index (χ0) is 23.1. The Kier molecular flexibility index (Phi) is 7.21. The van der Waals surface area contributed by atoms with Gasteiger partial charge >= 0.3 is 0 Å². The maximum absolute atomic E-state index is 12.5. The number of rotatable bonds is 9. The third kappa shape index (κ3) is 5.30. The SMILES string of the molecule is C#Cc1cccc(Nc2ncnc3cc(OC)c(N(O)C(=O)CCCCC(N)=O)cc23)c1. The molecule has 0 aliphatic rings. The summed E-state index contributed by atoms with van der Waals surface area (Å²) in [6.07, 6.45) is 7.97. The number of carbonyl (C=O) groups is 2. The van der Waals surface area contributed by atoms with Crippen molar-refractivity contribution in [1.82, 2.24) is 9.97 Å². The molecule has 0 saturated carbocycles. The van der Waals surface area contributed by atoms with Crippen LogP contribution in [-0.4, -0.2) is 34.1 Å². The maximum atomic E-state index is 12.5. The molecule has 3 rings (SSSR count). The smallest absolute Gasteiger partial charge is 0.250 e. The Balaban J connectivity index is 1.91. The van der Waals surface area contributed by atoms with Crippen molar-refractivity contribution in [2.75, 3.05) is 17.5 Å². The van der Waals surface area contributed by atoms with Gasteiger partial charge in [-0.3, -0.25) is 14.8 Å². The number of hydroxylamine groups is 1. The molecule has 2 aromatic carbocycles. The van der Waals surface area contributed by atoms with E-state index < -0.39 is 11.8 Å². The molecule has 32 heavy (non-hydrogen) atoms. The van der Waals surface area contributed by atoms with E-state index in [1.54, 1.807) is 18.2 Å². The molecule has 9 nitrogen and oxygen atoms in total. The number of aromatic nitrogens is 2. The summed E-state index contributed by atoms with van der Waals surface area (Å²) in [5, 5.41) is 14.8. The van der Waals surface area contributed by atoms with Crippen molar-refractivity contribution in [3.63, 3.8) is 0 Å². The number of anilines is 3. The fourth-order valence-electron chi connectivity index (χ4n) is 3.14. The number of fused-ring (bicyclic) bond motifs is 1. The Morgan fingerprint density at radius 2 is 2.00 bits per heavy atom. The summed E-state index contributed by atoms with van der Waals surface area (Å²) in [6.45, 7) is 0. The third-order valence-corrected chi connectivity index (χ3v) is 4.76. The highest BCUT2D eigenvalue weighted by atomic mass is 16.5. The molecule has 0 fully saturated rings. The van der Waals surface area contributed by atoms with Gasteiger partial charge in [-0.15, -0.1) is 6.42 Å². The first-order valence-electron chi connectivity index (χ1n) is 9.89. The van der Waals surface area contributed by atoms with Gasteiger partial charge in [0.05, 0.1) is 12.6 Å². The summed E-state index contributed by atoms with van der Waals surface area (Å²) in [7, 11) is 1.43. The molecule has 9 heteroatoms. The van der Waals surface area contributed by atoms with Crippen LogP contribution in [-0.2, 0) is 9.59 Å². The second-order valence-electron chi connectivity index (χ2n) is 6.99. The molecule has 0 aliphatic carbocycles. The normalized spacial score (nSPS) is 10.4. The Labute approximate surface area is 185 Å². The van der Waals surface area contributed by atoms with Crippen molar-refractivity contribution in [3.8, 4) is 18.1 Å². The Bertz CT molecular complexity index is 1190. The zero-order valence-corrected chi connectivity index (χ0v) is 17.5. The monoisotopic (exact) mass is 433 g/mol. The van der Waals surface area contributed by atoms with E-state index in [0.717, 1.165) is 5.69 Å². The molecule has 1 aromatic heterocycles. The first-order chi connectivity index (χ1) is 15.4. The minimum absolute atomic E-state index is 0.0419. The van der Waals surface area contributed by atoms with E-state index in [0.29, 0.717) is 40.2 Å². The minimum Gasteiger partial charge on any atom is -0.494 e. The van der Waals surface area contributed by atoms with Crippen molar-refractivity contribution in [2.45, 2.75) is 25.7 Å². The average molecular weight is 433 g/mol. The Hall–Kier alpha value is -4.16. The van der Waals surface area contributed by atoms with Gasteiger partial charge in [0, 0.05) is 35.5 Å². The molecule has 0 spiro atoms. The standard InChI is InChI=1S/C23H23N5O4/c1-3-15-7-6-8-16(11-15)27-23-17-12-19(20(32-2)13-18(17)25-14-26-23)28(31)22(30)10-5-4-9-21(24)29/h1,6-8,11-14,31H,4-5,9-10H2,2H3,(H2,24,29)(H,25,26,27). The fraction of sp³-hybridized carbons (Fsp3) is 0.217. The van der Waals surface area contributed by atoms with Gasteiger partial charge in [0.2, 0.25) is 5.91 Å². The number of methoxy groups -OCH3 is 1. The van der Waals surface area contributed by atoms with Crippen LogP contribution in [0.15, 0.2) is 42.7 Å². The zero-order valence-electron chi connectivity index (χ0n) is 17.5. The van der Waals surface area contributed by atoms with Crippen molar-refractivity contribution < 1.29 is 19.5 Å². The summed E-state index contributed by atoms with van der Waals surface area (Å²) >= 11 is 0. The van der Waals surface area contributed by atoms with E-state index in [4.69, 9.17) is 16.9 Å². The molecular formula is C23H23N5O4. The molecule has 0 saturated heterocycles.